The first kappa shape index (κ1) is 16.3. The van der Waals surface area contributed by atoms with Gasteiger partial charge in [0.2, 0.25) is 5.91 Å². The van der Waals surface area contributed by atoms with Gasteiger partial charge in [-0.05, 0) is 32.4 Å². The maximum atomic E-state index is 12.9. The third-order valence-corrected chi connectivity index (χ3v) is 4.48. The van der Waals surface area contributed by atoms with Crippen molar-refractivity contribution in [3.63, 3.8) is 0 Å². The summed E-state index contributed by atoms with van der Waals surface area (Å²) >= 11 is 5.82. The van der Waals surface area contributed by atoms with Gasteiger partial charge in [-0.1, -0.05) is 30.3 Å². The van der Waals surface area contributed by atoms with Crippen LogP contribution in [0.5, 0.6) is 0 Å². The molecule has 1 aromatic rings. The number of carbonyl (C=O) groups is 1. The third-order valence-electron chi connectivity index (χ3n) is 4.31. The maximum absolute atomic E-state index is 12.9. The summed E-state index contributed by atoms with van der Waals surface area (Å²) in [5, 5.41) is 0. The number of amides is 1. The van der Waals surface area contributed by atoms with Crippen molar-refractivity contribution in [1.29, 1.82) is 0 Å². The number of nitrogens with zero attached hydrogens (tertiary/aromatic N) is 2. The third kappa shape index (κ3) is 3.98. The van der Waals surface area contributed by atoms with E-state index in [0.717, 1.165) is 44.7 Å². The van der Waals surface area contributed by atoms with Crippen molar-refractivity contribution < 1.29 is 4.79 Å². The number of hydrogen-bond donors (Lipinski definition) is 0. The molecule has 1 amide bonds. The van der Waals surface area contributed by atoms with Gasteiger partial charge in [-0.2, -0.15) is 0 Å². The highest BCUT2D eigenvalue weighted by Crippen LogP contribution is 2.26. The summed E-state index contributed by atoms with van der Waals surface area (Å²) in [7, 11) is 0. The molecule has 1 fully saturated rings. The Kier molecular flexibility index (Phi) is 5.65. The van der Waals surface area contributed by atoms with Crippen LogP contribution in [0.4, 0.5) is 0 Å². The molecule has 0 saturated carbocycles. The molecule has 1 aromatic carbocycles. The van der Waals surface area contributed by atoms with E-state index in [9.17, 15) is 4.79 Å². The smallest absolute Gasteiger partial charge is 0.232 e. The van der Waals surface area contributed by atoms with Crippen LogP contribution >= 0.6 is 11.6 Å². The van der Waals surface area contributed by atoms with Gasteiger partial charge in [-0.15, -0.1) is 11.6 Å². The molecule has 21 heavy (non-hydrogen) atoms. The highest BCUT2D eigenvalue weighted by Gasteiger charge is 2.34. The van der Waals surface area contributed by atoms with E-state index < -0.39 is 5.41 Å². The van der Waals surface area contributed by atoms with Crippen molar-refractivity contribution in [3.05, 3.63) is 35.9 Å². The van der Waals surface area contributed by atoms with E-state index in [1.165, 1.54) is 0 Å². The maximum Gasteiger partial charge on any atom is 0.232 e. The molecule has 0 aliphatic carbocycles. The van der Waals surface area contributed by atoms with Crippen LogP contribution in [0.3, 0.4) is 0 Å². The van der Waals surface area contributed by atoms with Crippen LogP contribution in [0.25, 0.3) is 0 Å². The van der Waals surface area contributed by atoms with Crippen LogP contribution in [0.1, 0.15) is 25.8 Å². The van der Waals surface area contributed by atoms with E-state index >= 15 is 0 Å². The summed E-state index contributed by atoms with van der Waals surface area (Å²) in [4.78, 5) is 17.3. The molecule has 0 radical (unpaired) electrons. The average molecular weight is 309 g/mol. The molecule has 2 rings (SSSR count). The van der Waals surface area contributed by atoms with Gasteiger partial charge in [0.25, 0.3) is 0 Å². The number of benzene rings is 1. The molecule has 1 saturated heterocycles. The lowest BCUT2D eigenvalue weighted by molar-refractivity contribution is -0.136. The minimum Gasteiger partial charge on any atom is -0.341 e. The summed E-state index contributed by atoms with van der Waals surface area (Å²) in [6.07, 6.45) is 1.02. The molecule has 1 aliphatic heterocycles. The summed E-state index contributed by atoms with van der Waals surface area (Å²) < 4.78 is 0. The Hall–Kier alpha value is -1.06. The Morgan fingerprint density at radius 1 is 1.14 bits per heavy atom. The highest BCUT2D eigenvalue weighted by molar-refractivity contribution is 6.18. The summed E-state index contributed by atoms with van der Waals surface area (Å²) in [6.45, 7) is 8.54. The van der Waals surface area contributed by atoms with Crippen LogP contribution in [0, 0.1) is 0 Å². The lowest BCUT2D eigenvalue weighted by Crippen LogP contribution is -2.45. The molecule has 0 unspecified atom stereocenters. The molecule has 0 spiro atoms. The van der Waals surface area contributed by atoms with Crippen LogP contribution in [-0.2, 0) is 10.2 Å². The zero-order chi connectivity index (χ0) is 15.3. The van der Waals surface area contributed by atoms with E-state index in [2.05, 4.69) is 4.90 Å². The van der Waals surface area contributed by atoms with Gasteiger partial charge in [0.05, 0.1) is 5.41 Å². The van der Waals surface area contributed by atoms with E-state index in [1.54, 1.807) is 0 Å². The Balaban J connectivity index is 2.05. The fourth-order valence-electron chi connectivity index (χ4n) is 2.89. The second kappa shape index (κ2) is 7.28. The topological polar surface area (TPSA) is 23.6 Å². The zero-order valence-electron chi connectivity index (χ0n) is 13.0. The van der Waals surface area contributed by atoms with Crippen molar-refractivity contribution in [2.75, 3.05) is 38.6 Å². The molecule has 0 bridgehead atoms. The molecular formula is C17H25ClN2O. The van der Waals surface area contributed by atoms with Gasteiger partial charge < -0.3 is 9.80 Å². The van der Waals surface area contributed by atoms with Crippen molar-refractivity contribution in [2.45, 2.75) is 25.7 Å². The van der Waals surface area contributed by atoms with Crippen molar-refractivity contribution in [1.82, 2.24) is 9.80 Å². The molecule has 3 nitrogen and oxygen atoms in total. The molecular weight excluding hydrogens is 284 g/mol. The second-order valence-corrected chi connectivity index (χ2v) is 6.55. The Bertz CT molecular complexity index is 461. The molecule has 4 heteroatoms. The van der Waals surface area contributed by atoms with Gasteiger partial charge in [0.15, 0.2) is 0 Å². The Morgan fingerprint density at radius 2 is 1.86 bits per heavy atom. The number of halogens is 1. The Morgan fingerprint density at radius 3 is 2.52 bits per heavy atom. The normalized spacial score (nSPS) is 17.6. The number of hydrogen-bond acceptors (Lipinski definition) is 2. The van der Waals surface area contributed by atoms with E-state index in [-0.39, 0.29) is 5.91 Å². The van der Waals surface area contributed by atoms with E-state index in [4.69, 9.17) is 11.6 Å². The minimum absolute atomic E-state index is 0.224. The van der Waals surface area contributed by atoms with Gasteiger partial charge in [0, 0.05) is 32.1 Å². The molecule has 0 N–H and O–H groups in total. The summed E-state index contributed by atoms with van der Waals surface area (Å²) in [5.41, 5.74) is 0.611. The van der Waals surface area contributed by atoms with Gasteiger partial charge in [-0.3, -0.25) is 4.79 Å². The summed E-state index contributed by atoms with van der Waals surface area (Å²) in [6, 6.07) is 10.1. The number of carbonyl (C=O) groups excluding carboxylic acids is 1. The highest BCUT2D eigenvalue weighted by atomic mass is 35.5. The number of alkyl halides is 1. The lowest BCUT2D eigenvalue weighted by Gasteiger charge is -2.31. The molecule has 1 heterocycles. The molecule has 116 valence electrons. The quantitative estimate of drug-likeness (QED) is 0.799. The van der Waals surface area contributed by atoms with E-state index in [1.807, 2.05) is 49.1 Å². The van der Waals surface area contributed by atoms with Crippen molar-refractivity contribution >= 4 is 17.5 Å². The SMILES string of the molecule is CC(C)(C(=O)N1CCCN(CCCl)CC1)c1ccccc1. The lowest BCUT2D eigenvalue weighted by atomic mass is 9.83. The first-order chi connectivity index (χ1) is 10.1. The standard InChI is InChI=1S/C17H25ClN2O/c1-17(2,15-7-4-3-5-8-15)16(21)20-11-6-10-19(12-9-18)13-14-20/h3-5,7-8H,6,9-14H2,1-2H3. The summed E-state index contributed by atoms with van der Waals surface area (Å²) in [5.74, 6) is 0.880. The first-order valence-electron chi connectivity index (χ1n) is 7.69. The fourth-order valence-corrected chi connectivity index (χ4v) is 3.13. The Labute approximate surface area is 132 Å². The van der Waals surface area contributed by atoms with Crippen LogP contribution in [0.2, 0.25) is 0 Å². The van der Waals surface area contributed by atoms with Crippen LogP contribution < -0.4 is 0 Å². The average Bonchev–Trinajstić information content (AvgIpc) is 2.73. The predicted octanol–water partition coefficient (Wildman–Crippen LogP) is 2.74. The fraction of sp³-hybridized carbons (Fsp3) is 0.588. The largest absolute Gasteiger partial charge is 0.341 e. The molecule has 0 aromatic heterocycles. The van der Waals surface area contributed by atoms with Crippen LogP contribution in [-0.4, -0.2) is 54.3 Å². The predicted molar refractivity (Wildman–Crippen MR) is 87.8 cm³/mol. The first-order valence-corrected chi connectivity index (χ1v) is 8.22. The molecule has 1 aliphatic rings. The monoisotopic (exact) mass is 308 g/mol. The molecule has 0 atom stereocenters. The van der Waals surface area contributed by atoms with Gasteiger partial charge in [-0.25, -0.2) is 0 Å². The van der Waals surface area contributed by atoms with Crippen molar-refractivity contribution in [2.24, 2.45) is 0 Å². The van der Waals surface area contributed by atoms with Crippen LogP contribution in [0.15, 0.2) is 30.3 Å². The van der Waals surface area contributed by atoms with E-state index in [0.29, 0.717) is 5.88 Å². The minimum atomic E-state index is -0.469. The van der Waals surface area contributed by atoms with Gasteiger partial charge in [0.1, 0.15) is 0 Å². The van der Waals surface area contributed by atoms with Gasteiger partial charge >= 0.3 is 0 Å². The second-order valence-electron chi connectivity index (χ2n) is 6.17. The zero-order valence-corrected chi connectivity index (χ0v) is 13.8. The number of rotatable bonds is 4. The van der Waals surface area contributed by atoms with Crippen molar-refractivity contribution in [3.8, 4) is 0 Å².